The second kappa shape index (κ2) is 5.17. The number of alkyl halides is 3. The Kier molecular flexibility index (Phi) is 3.76. The molecule has 0 aliphatic rings. The molecule has 0 saturated carbocycles. The lowest BCUT2D eigenvalue weighted by atomic mass is 10.4. The molecule has 0 aliphatic carbocycles. The van der Waals surface area contributed by atoms with Gasteiger partial charge in [0.2, 0.25) is 5.28 Å². The lowest BCUT2D eigenvalue weighted by Gasteiger charge is -2.07. The van der Waals surface area contributed by atoms with Gasteiger partial charge in [0.1, 0.15) is 5.03 Å². The number of nitrogens with zero attached hydrogens (tertiary/aromatic N) is 3. The van der Waals surface area contributed by atoms with Crippen LogP contribution < -0.4 is 5.56 Å². The molecule has 5 nitrogen and oxygen atoms in total. The van der Waals surface area contributed by atoms with E-state index in [0.29, 0.717) is 0 Å². The van der Waals surface area contributed by atoms with Crippen LogP contribution in [-0.2, 0) is 6.18 Å². The molecule has 0 spiro atoms. The minimum absolute atomic E-state index is 0.0679. The van der Waals surface area contributed by atoms with Gasteiger partial charge < -0.3 is 4.98 Å². The van der Waals surface area contributed by atoms with Gasteiger partial charge in [-0.15, -0.1) is 0 Å². The summed E-state index contributed by atoms with van der Waals surface area (Å²) in [5.41, 5.74) is -1.58. The molecule has 1 N–H and O–H groups in total. The Morgan fingerprint density at radius 3 is 2.68 bits per heavy atom. The first-order valence-electron chi connectivity index (χ1n) is 4.69. The highest BCUT2D eigenvalue weighted by atomic mass is 35.5. The second-order valence-electron chi connectivity index (χ2n) is 3.20. The fraction of sp³-hybridized carbons (Fsp3) is 0.111. The third-order valence-corrected chi connectivity index (χ3v) is 2.80. The summed E-state index contributed by atoms with van der Waals surface area (Å²) in [6, 6.07) is 1.90. The number of rotatable bonds is 2. The number of hydrogen-bond donors (Lipinski definition) is 1. The van der Waals surface area contributed by atoms with Gasteiger partial charge in [-0.3, -0.25) is 4.79 Å². The van der Waals surface area contributed by atoms with E-state index >= 15 is 0 Å². The van der Waals surface area contributed by atoms with E-state index in [2.05, 4.69) is 19.9 Å². The monoisotopic (exact) mass is 308 g/mol. The summed E-state index contributed by atoms with van der Waals surface area (Å²) in [5.74, 6) is 0. The zero-order chi connectivity index (χ0) is 14.0. The van der Waals surface area contributed by atoms with Gasteiger partial charge in [0.05, 0.1) is 0 Å². The molecule has 0 atom stereocenters. The van der Waals surface area contributed by atoms with Gasteiger partial charge in [-0.1, -0.05) is 0 Å². The highest BCUT2D eigenvalue weighted by Gasteiger charge is 2.33. The first-order valence-corrected chi connectivity index (χ1v) is 5.89. The average Bonchev–Trinajstić information content (AvgIpc) is 2.26. The van der Waals surface area contributed by atoms with Gasteiger partial charge in [0.25, 0.3) is 5.56 Å². The van der Waals surface area contributed by atoms with Gasteiger partial charge >= 0.3 is 6.18 Å². The van der Waals surface area contributed by atoms with Crippen molar-refractivity contribution in [2.45, 2.75) is 16.4 Å². The van der Waals surface area contributed by atoms with Crippen molar-refractivity contribution in [1.29, 1.82) is 0 Å². The molecule has 0 radical (unpaired) electrons. The van der Waals surface area contributed by atoms with Crippen molar-refractivity contribution in [2.24, 2.45) is 0 Å². The van der Waals surface area contributed by atoms with Crippen LogP contribution in [0.4, 0.5) is 13.2 Å². The lowest BCUT2D eigenvalue weighted by molar-refractivity contribution is -0.141. The highest BCUT2D eigenvalue weighted by Crippen LogP contribution is 2.31. The zero-order valence-electron chi connectivity index (χ0n) is 8.90. The third kappa shape index (κ3) is 3.67. The SMILES string of the molecule is O=c1ccnc(Sc2cc(C(F)(F)F)nc(Cl)n2)[nH]1. The number of nitrogens with one attached hydrogen (secondary N) is 1. The van der Waals surface area contributed by atoms with Crippen LogP contribution >= 0.6 is 23.4 Å². The maximum atomic E-state index is 12.5. The smallest absolute Gasteiger partial charge is 0.301 e. The van der Waals surface area contributed by atoms with E-state index in [1.54, 1.807) is 0 Å². The van der Waals surface area contributed by atoms with E-state index < -0.39 is 22.7 Å². The van der Waals surface area contributed by atoms with E-state index in [4.69, 9.17) is 11.6 Å². The molecule has 0 aromatic carbocycles. The lowest BCUT2D eigenvalue weighted by Crippen LogP contribution is -2.09. The molecule has 0 bridgehead atoms. The molecule has 2 aromatic heterocycles. The standard InChI is InChI=1S/C9H4ClF3N4OS/c10-7-15-4(9(11,12)13)3-6(17-7)19-8-14-2-1-5(18)16-8/h1-3H,(H,14,16,18). The molecule has 0 saturated heterocycles. The van der Waals surface area contributed by atoms with Crippen LogP contribution in [0.5, 0.6) is 0 Å². The van der Waals surface area contributed by atoms with Gasteiger partial charge in [-0.2, -0.15) is 13.2 Å². The van der Waals surface area contributed by atoms with E-state index in [0.717, 1.165) is 17.8 Å². The Balaban J connectivity index is 2.36. The summed E-state index contributed by atoms with van der Waals surface area (Å²) < 4.78 is 37.6. The van der Waals surface area contributed by atoms with Crippen LogP contribution in [0.3, 0.4) is 0 Å². The molecule has 19 heavy (non-hydrogen) atoms. The van der Waals surface area contributed by atoms with E-state index in [-0.39, 0.29) is 10.2 Å². The Labute approximate surface area is 113 Å². The molecular formula is C9H4ClF3N4OS. The quantitative estimate of drug-likeness (QED) is 0.681. The first kappa shape index (κ1) is 13.8. The Bertz CT molecular complexity index is 660. The molecule has 0 aliphatic heterocycles. The van der Waals surface area contributed by atoms with Crippen LogP contribution in [0.1, 0.15) is 5.69 Å². The normalized spacial score (nSPS) is 11.6. The van der Waals surface area contributed by atoms with Crippen molar-refractivity contribution in [1.82, 2.24) is 19.9 Å². The number of aromatic nitrogens is 4. The molecule has 0 amide bonds. The zero-order valence-corrected chi connectivity index (χ0v) is 10.5. The van der Waals surface area contributed by atoms with E-state index in [1.807, 2.05) is 0 Å². The predicted molar refractivity (Wildman–Crippen MR) is 61.0 cm³/mol. The van der Waals surface area contributed by atoms with Crippen LogP contribution in [-0.4, -0.2) is 19.9 Å². The molecule has 2 rings (SSSR count). The number of hydrogen-bond acceptors (Lipinski definition) is 5. The van der Waals surface area contributed by atoms with Crippen molar-refractivity contribution in [3.05, 3.63) is 39.7 Å². The van der Waals surface area contributed by atoms with Crippen LogP contribution in [0.15, 0.2) is 33.3 Å². The summed E-state index contributed by atoms with van der Waals surface area (Å²) in [6.07, 6.45) is -3.39. The van der Waals surface area contributed by atoms with E-state index in [1.165, 1.54) is 12.3 Å². The first-order chi connectivity index (χ1) is 8.84. The number of halogens is 4. The fourth-order valence-electron chi connectivity index (χ4n) is 1.10. The number of aromatic amines is 1. The fourth-order valence-corrected chi connectivity index (χ4v) is 2.10. The Morgan fingerprint density at radius 1 is 1.32 bits per heavy atom. The molecule has 2 heterocycles. The Hall–Kier alpha value is -1.61. The maximum Gasteiger partial charge on any atom is 0.433 e. The summed E-state index contributed by atoms with van der Waals surface area (Å²) in [5, 5.41) is -0.493. The molecule has 0 unspecified atom stereocenters. The minimum atomic E-state index is -4.63. The van der Waals surface area contributed by atoms with Crippen molar-refractivity contribution in [3.8, 4) is 0 Å². The largest absolute Gasteiger partial charge is 0.433 e. The van der Waals surface area contributed by atoms with Crippen LogP contribution in [0, 0.1) is 0 Å². The van der Waals surface area contributed by atoms with E-state index in [9.17, 15) is 18.0 Å². The summed E-state index contributed by atoms with van der Waals surface area (Å²) in [4.78, 5) is 23.9. The third-order valence-electron chi connectivity index (χ3n) is 1.81. The molecule has 10 heteroatoms. The average molecular weight is 309 g/mol. The molecular weight excluding hydrogens is 305 g/mol. The molecule has 2 aromatic rings. The van der Waals surface area contributed by atoms with Crippen molar-refractivity contribution in [2.75, 3.05) is 0 Å². The van der Waals surface area contributed by atoms with Gasteiger partial charge in [-0.05, 0) is 23.4 Å². The molecule has 100 valence electrons. The van der Waals surface area contributed by atoms with Gasteiger partial charge in [0.15, 0.2) is 10.9 Å². The topological polar surface area (TPSA) is 71.5 Å². The highest BCUT2D eigenvalue weighted by molar-refractivity contribution is 7.99. The predicted octanol–water partition coefficient (Wildman–Crippen LogP) is 2.38. The number of H-pyrrole nitrogens is 1. The van der Waals surface area contributed by atoms with Crippen LogP contribution in [0.25, 0.3) is 0 Å². The van der Waals surface area contributed by atoms with Gasteiger partial charge in [0, 0.05) is 18.3 Å². The second-order valence-corrected chi connectivity index (χ2v) is 4.55. The summed E-state index contributed by atoms with van der Waals surface area (Å²) in [6.45, 7) is 0. The Morgan fingerprint density at radius 2 is 2.05 bits per heavy atom. The van der Waals surface area contributed by atoms with Crippen molar-refractivity contribution < 1.29 is 13.2 Å². The minimum Gasteiger partial charge on any atom is -0.301 e. The van der Waals surface area contributed by atoms with Crippen LogP contribution in [0.2, 0.25) is 5.28 Å². The summed E-state index contributed by atoms with van der Waals surface area (Å²) in [7, 11) is 0. The van der Waals surface area contributed by atoms with Crippen molar-refractivity contribution >= 4 is 23.4 Å². The summed E-state index contributed by atoms with van der Waals surface area (Å²) >= 11 is 6.17. The molecule has 0 fully saturated rings. The maximum absolute atomic E-state index is 12.5. The van der Waals surface area contributed by atoms with Gasteiger partial charge in [-0.25, -0.2) is 15.0 Å². The van der Waals surface area contributed by atoms with Crippen molar-refractivity contribution in [3.63, 3.8) is 0 Å².